The van der Waals surface area contributed by atoms with Crippen molar-refractivity contribution in [1.29, 1.82) is 0 Å². The summed E-state index contributed by atoms with van der Waals surface area (Å²) in [6.07, 6.45) is 1.46. The number of nitrogens with one attached hydrogen (secondary N) is 3. The number of hydrogen-bond donors (Lipinski definition) is 3. The molecule has 172 valence electrons. The van der Waals surface area contributed by atoms with E-state index < -0.39 is 11.7 Å². The van der Waals surface area contributed by atoms with E-state index in [1.807, 2.05) is 18.2 Å². The van der Waals surface area contributed by atoms with Gasteiger partial charge in [0, 0.05) is 18.4 Å². The Labute approximate surface area is 195 Å². The number of aromatic nitrogens is 1. The first-order chi connectivity index (χ1) is 15.9. The first kappa shape index (κ1) is 22.9. The molecule has 2 heterocycles. The first-order valence-electron chi connectivity index (χ1n) is 10.8. The summed E-state index contributed by atoms with van der Waals surface area (Å²) in [6, 6.07) is 14.5. The molecule has 0 aliphatic carbocycles. The molecule has 1 saturated heterocycles. The number of carbonyl (C=O) groups excluding carboxylic acids is 2. The van der Waals surface area contributed by atoms with Crippen molar-refractivity contribution in [1.82, 2.24) is 16.0 Å². The van der Waals surface area contributed by atoms with E-state index in [-0.39, 0.29) is 39.4 Å². The van der Waals surface area contributed by atoms with Crippen LogP contribution in [0.15, 0.2) is 53.1 Å². The van der Waals surface area contributed by atoms with Gasteiger partial charge in [-0.05, 0) is 19.1 Å². The Morgan fingerprint density at radius 1 is 1.12 bits per heavy atom. The molecule has 33 heavy (non-hydrogen) atoms. The van der Waals surface area contributed by atoms with E-state index in [9.17, 15) is 14.0 Å². The highest BCUT2D eigenvalue weighted by Gasteiger charge is 2.29. The number of benzene rings is 2. The van der Waals surface area contributed by atoms with Crippen molar-refractivity contribution >= 4 is 23.4 Å². The van der Waals surface area contributed by atoms with Crippen molar-refractivity contribution < 1.29 is 23.4 Å². The van der Waals surface area contributed by atoms with Gasteiger partial charge in [-0.25, -0.2) is 4.39 Å². The standard InChI is InChI=1S/C24H24ClFN4O3/c1-15-20(22(29-33-15)21-18(25)8-5-9-19(21)26)24(32)28-27-23(31)17-10-12-30(13-11-17)14-16-6-3-2-4-7-16/h2-9,17H,10-14H2,1H3,(H,27,31)(H,28,32)/p+1. The molecule has 7 nitrogen and oxygen atoms in total. The molecule has 0 atom stereocenters. The molecule has 9 heteroatoms. The molecular formula is C24H25ClFN4O3+. The van der Waals surface area contributed by atoms with E-state index in [0.29, 0.717) is 0 Å². The predicted molar refractivity (Wildman–Crippen MR) is 121 cm³/mol. The monoisotopic (exact) mass is 471 g/mol. The number of carbonyl (C=O) groups is 2. The third-order valence-electron chi connectivity index (χ3n) is 5.95. The highest BCUT2D eigenvalue weighted by Crippen LogP contribution is 2.33. The van der Waals surface area contributed by atoms with Crippen LogP contribution in [0.2, 0.25) is 5.02 Å². The number of amides is 2. The smallest absolute Gasteiger partial charge is 0.275 e. The molecule has 1 fully saturated rings. The Morgan fingerprint density at radius 3 is 2.55 bits per heavy atom. The SMILES string of the molecule is Cc1onc(-c2c(F)cccc2Cl)c1C(=O)NNC(=O)C1CC[NH+](Cc2ccccc2)CC1. The van der Waals surface area contributed by atoms with Crippen molar-refractivity contribution in [2.75, 3.05) is 13.1 Å². The zero-order valence-corrected chi connectivity index (χ0v) is 18.9. The van der Waals surface area contributed by atoms with Gasteiger partial charge in [-0.3, -0.25) is 20.4 Å². The van der Waals surface area contributed by atoms with E-state index in [1.165, 1.54) is 35.6 Å². The number of quaternary nitrogens is 1. The molecule has 1 aliphatic rings. The van der Waals surface area contributed by atoms with E-state index in [4.69, 9.17) is 16.1 Å². The second kappa shape index (κ2) is 10.1. The summed E-state index contributed by atoms with van der Waals surface area (Å²) < 4.78 is 19.5. The molecule has 0 bridgehead atoms. The molecule has 4 rings (SSSR count). The second-order valence-electron chi connectivity index (χ2n) is 8.19. The van der Waals surface area contributed by atoms with Crippen LogP contribution in [-0.4, -0.2) is 30.1 Å². The maximum Gasteiger partial charge on any atom is 0.275 e. The number of halogens is 2. The summed E-state index contributed by atoms with van der Waals surface area (Å²) in [5.41, 5.74) is 6.16. The largest absolute Gasteiger partial charge is 0.360 e. The quantitative estimate of drug-likeness (QED) is 0.499. The van der Waals surface area contributed by atoms with E-state index in [1.54, 1.807) is 0 Å². The molecule has 2 amide bonds. The Morgan fingerprint density at radius 2 is 1.85 bits per heavy atom. The fourth-order valence-corrected chi connectivity index (χ4v) is 4.42. The van der Waals surface area contributed by atoms with Crippen molar-refractivity contribution in [3.05, 3.63) is 76.3 Å². The summed E-state index contributed by atoms with van der Waals surface area (Å²) in [6.45, 7) is 4.22. The van der Waals surface area contributed by atoms with Gasteiger partial charge in [-0.1, -0.05) is 53.2 Å². The van der Waals surface area contributed by atoms with Crippen molar-refractivity contribution in [3.8, 4) is 11.3 Å². The van der Waals surface area contributed by atoms with Crippen LogP contribution in [-0.2, 0) is 11.3 Å². The van der Waals surface area contributed by atoms with Gasteiger partial charge in [0.05, 0.1) is 29.6 Å². The Balaban J connectivity index is 1.34. The topological polar surface area (TPSA) is 88.7 Å². The lowest BCUT2D eigenvalue weighted by Gasteiger charge is -2.28. The Hall–Kier alpha value is -3.23. The van der Waals surface area contributed by atoms with Gasteiger partial charge in [-0.2, -0.15) is 0 Å². The number of aryl methyl sites for hydroxylation is 1. The van der Waals surface area contributed by atoms with Gasteiger partial charge in [0.25, 0.3) is 5.91 Å². The average Bonchev–Trinajstić information content (AvgIpc) is 3.19. The van der Waals surface area contributed by atoms with Gasteiger partial charge < -0.3 is 9.42 Å². The van der Waals surface area contributed by atoms with E-state index in [0.717, 1.165) is 32.5 Å². The van der Waals surface area contributed by atoms with Crippen LogP contribution in [0.3, 0.4) is 0 Å². The highest BCUT2D eigenvalue weighted by molar-refractivity contribution is 6.33. The van der Waals surface area contributed by atoms with Crippen molar-refractivity contribution in [2.45, 2.75) is 26.3 Å². The summed E-state index contributed by atoms with van der Waals surface area (Å²) in [7, 11) is 0. The zero-order valence-electron chi connectivity index (χ0n) is 18.2. The van der Waals surface area contributed by atoms with Gasteiger partial charge in [0.2, 0.25) is 5.91 Å². The van der Waals surface area contributed by atoms with Crippen LogP contribution in [0.5, 0.6) is 0 Å². The highest BCUT2D eigenvalue weighted by atomic mass is 35.5. The zero-order chi connectivity index (χ0) is 23.4. The van der Waals surface area contributed by atoms with Gasteiger partial charge in [-0.15, -0.1) is 0 Å². The third kappa shape index (κ3) is 5.23. The third-order valence-corrected chi connectivity index (χ3v) is 6.26. The van der Waals surface area contributed by atoms with Gasteiger partial charge in [0.15, 0.2) is 0 Å². The molecule has 0 saturated carbocycles. The van der Waals surface area contributed by atoms with Gasteiger partial charge in [0.1, 0.15) is 29.4 Å². The summed E-state index contributed by atoms with van der Waals surface area (Å²) >= 11 is 6.12. The molecule has 0 radical (unpaired) electrons. The normalized spacial score (nSPS) is 18.0. The minimum Gasteiger partial charge on any atom is -0.360 e. The lowest BCUT2D eigenvalue weighted by atomic mass is 9.96. The van der Waals surface area contributed by atoms with Crippen LogP contribution < -0.4 is 15.8 Å². The molecule has 1 aromatic heterocycles. The van der Waals surface area contributed by atoms with Crippen LogP contribution in [0.4, 0.5) is 4.39 Å². The minimum absolute atomic E-state index is 0.0137. The summed E-state index contributed by atoms with van der Waals surface area (Å²) in [5, 5.41) is 3.92. The number of likely N-dealkylation sites (tertiary alicyclic amines) is 1. The molecule has 1 aliphatic heterocycles. The van der Waals surface area contributed by atoms with Crippen molar-refractivity contribution in [2.24, 2.45) is 5.92 Å². The molecular weight excluding hydrogens is 447 g/mol. The van der Waals surface area contributed by atoms with Crippen LogP contribution in [0, 0.1) is 18.7 Å². The molecule has 2 aromatic carbocycles. The molecule has 3 aromatic rings. The lowest BCUT2D eigenvalue weighted by molar-refractivity contribution is -0.919. The molecule has 3 N–H and O–H groups in total. The van der Waals surface area contributed by atoms with Crippen LogP contribution >= 0.6 is 11.6 Å². The minimum atomic E-state index is -0.649. The second-order valence-corrected chi connectivity index (χ2v) is 8.60. The van der Waals surface area contributed by atoms with Crippen LogP contribution in [0.1, 0.15) is 34.5 Å². The van der Waals surface area contributed by atoms with E-state index >= 15 is 0 Å². The number of hydrazine groups is 1. The summed E-state index contributed by atoms with van der Waals surface area (Å²) in [4.78, 5) is 26.9. The number of nitrogens with zero attached hydrogens (tertiary/aromatic N) is 1. The molecule has 0 spiro atoms. The maximum atomic E-state index is 14.3. The summed E-state index contributed by atoms with van der Waals surface area (Å²) in [5.74, 6) is -1.52. The number of rotatable bonds is 5. The molecule has 0 unspecified atom stereocenters. The van der Waals surface area contributed by atoms with Crippen LogP contribution in [0.25, 0.3) is 11.3 Å². The number of piperidine rings is 1. The Kier molecular flexibility index (Phi) is 7.05. The average molecular weight is 472 g/mol. The fraction of sp³-hybridized carbons (Fsp3) is 0.292. The predicted octanol–water partition coefficient (Wildman–Crippen LogP) is 2.70. The Bertz CT molecular complexity index is 1120. The first-order valence-corrected chi connectivity index (χ1v) is 11.2. The number of hydrogen-bond acceptors (Lipinski definition) is 4. The lowest BCUT2D eigenvalue weighted by Crippen LogP contribution is -3.11. The fourth-order valence-electron chi connectivity index (χ4n) is 4.17. The maximum absolute atomic E-state index is 14.3. The van der Waals surface area contributed by atoms with Crippen molar-refractivity contribution in [3.63, 3.8) is 0 Å². The van der Waals surface area contributed by atoms with E-state index in [2.05, 4.69) is 28.1 Å². The van der Waals surface area contributed by atoms with Gasteiger partial charge >= 0.3 is 0 Å².